The lowest BCUT2D eigenvalue weighted by molar-refractivity contribution is -0.127. The van der Waals surface area contributed by atoms with Crippen LogP contribution in [-0.4, -0.2) is 21.7 Å². The summed E-state index contributed by atoms with van der Waals surface area (Å²) >= 11 is 0. The maximum atomic E-state index is 12.6. The third-order valence-corrected chi connectivity index (χ3v) is 6.79. The van der Waals surface area contributed by atoms with Gasteiger partial charge in [0.2, 0.25) is 5.91 Å². The van der Waals surface area contributed by atoms with Crippen molar-refractivity contribution in [1.82, 2.24) is 15.1 Å². The normalized spacial score (nSPS) is 36.2. The number of aryl methyl sites for hydroxylation is 1. The average Bonchev–Trinajstić information content (AvgIpc) is 2.88. The van der Waals surface area contributed by atoms with Gasteiger partial charge in [-0.05, 0) is 81.1 Å². The van der Waals surface area contributed by atoms with Crippen molar-refractivity contribution in [2.75, 3.05) is 0 Å². The first-order valence-corrected chi connectivity index (χ1v) is 9.36. The highest BCUT2D eigenvalue weighted by atomic mass is 16.2. The predicted octanol–water partition coefficient (Wildman–Crippen LogP) is 3.30. The van der Waals surface area contributed by atoms with E-state index in [4.69, 9.17) is 0 Å². The molecule has 1 aromatic rings. The molecule has 1 amide bonds. The molecular formula is C19H29N3O. The molecule has 1 aromatic heterocycles. The van der Waals surface area contributed by atoms with Gasteiger partial charge in [0, 0.05) is 17.9 Å². The first kappa shape index (κ1) is 15.2. The van der Waals surface area contributed by atoms with Crippen LogP contribution < -0.4 is 5.32 Å². The molecule has 23 heavy (non-hydrogen) atoms. The molecule has 5 rings (SSSR count). The number of hydrogen-bond donors (Lipinski definition) is 1. The van der Waals surface area contributed by atoms with Gasteiger partial charge in [-0.1, -0.05) is 6.92 Å². The molecule has 4 nitrogen and oxygen atoms in total. The van der Waals surface area contributed by atoms with Gasteiger partial charge in [0.15, 0.2) is 0 Å². The summed E-state index contributed by atoms with van der Waals surface area (Å²) in [4.78, 5) is 12.6. The van der Waals surface area contributed by atoms with Crippen LogP contribution in [0.3, 0.4) is 0 Å². The van der Waals surface area contributed by atoms with Gasteiger partial charge < -0.3 is 5.32 Å². The number of hydrogen-bond acceptors (Lipinski definition) is 2. The molecule has 0 saturated heterocycles. The van der Waals surface area contributed by atoms with E-state index in [1.165, 1.54) is 38.5 Å². The monoisotopic (exact) mass is 315 g/mol. The molecule has 4 fully saturated rings. The highest BCUT2D eigenvalue weighted by Gasteiger charge is 2.53. The highest BCUT2D eigenvalue weighted by molar-refractivity contribution is 5.76. The molecule has 0 spiro atoms. The topological polar surface area (TPSA) is 46.9 Å². The lowest BCUT2D eigenvalue weighted by atomic mass is 9.47. The van der Waals surface area contributed by atoms with Gasteiger partial charge in [-0.2, -0.15) is 5.10 Å². The van der Waals surface area contributed by atoms with E-state index in [0.717, 1.165) is 29.9 Å². The minimum atomic E-state index is 0.124. The predicted molar refractivity (Wildman–Crippen MR) is 89.8 cm³/mol. The number of nitrogens with zero attached hydrogens (tertiary/aromatic N) is 2. The van der Waals surface area contributed by atoms with Gasteiger partial charge >= 0.3 is 0 Å². The summed E-state index contributed by atoms with van der Waals surface area (Å²) in [6.07, 6.45) is 11.2. The smallest absolute Gasteiger partial charge is 0.241 e. The zero-order chi connectivity index (χ0) is 16.0. The molecule has 126 valence electrons. The van der Waals surface area contributed by atoms with E-state index in [1.807, 2.05) is 13.0 Å². The Bertz CT molecular complexity index is 556. The van der Waals surface area contributed by atoms with Crippen LogP contribution in [0.4, 0.5) is 0 Å². The van der Waals surface area contributed by atoms with Crippen LogP contribution in [0.1, 0.15) is 57.6 Å². The van der Waals surface area contributed by atoms with E-state index in [0.29, 0.717) is 18.0 Å². The molecule has 0 aromatic carbocycles. The number of rotatable bonds is 5. The Labute approximate surface area is 139 Å². The second kappa shape index (κ2) is 5.64. The summed E-state index contributed by atoms with van der Waals surface area (Å²) in [5.41, 5.74) is 1.43. The zero-order valence-electron chi connectivity index (χ0n) is 14.4. The third kappa shape index (κ3) is 2.70. The molecule has 0 radical (unpaired) electrons. The van der Waals surface area contributed by atoms with Crippen LogP contribution >= 0.6 is 0 Å². The fourth-order valence-corrected chi connectivity index (χ4v) is 6.23. The van der Waals surface area contributed by atoms with E-state index >= 15 is 0 Å². The first-order chi connectivity index (χ1) is 11.1. The molecule has 1 N–H and O–H groups in total. The van der Waals surface area contributed by atoms with Crippen molar-refractivity contribution in [2.45, 2.75) is 71.4 Å². The zero-order valence-corrected chi connectivity index (χ0v) is 14.4. The molecule has 0 aliphatic heterocycles. The van der Waals surface area contributed by atoms with Gasteiger partial charge in [0.25, 0.3) is 0 Å². The van der Waals surface area contributed by atoms with Crippen LogP contribution in [0.5, 0.6) is 0 Å². The summed E-state index contributed by atoms with van der Waals surface area (Å²) in [6.45, 7) is 4.58. The van der Waals surface area contributed by atoms with Gasteiger partial charge in [-0.15, -0.1) is 0 Å². The molecule has 4 heteroatoms. The van der Waals surface area contributed by atoms with E-state index in [-0.39, 0.29) is 5.91 Å². The molecule has 1 atom stereocenters. The fraction of sp³-hybridized carbons (Fsp3) is 0.789. The van der Waals surface area contributed by atoms with E-state index in [9.17, 15) is 4.79 Å². The van der Waals surface area contributed by atoms with Crippen LogP contribution in [0.25, 0.3) is 0 Å². The molecule has 1 unspecified atom stereocenters. The standard InChI is InChI=1S/C19H29N3O/c1-3-17(21-18(23)12-22-13(2)4-5-20-22)19-9-14-6-15(10-19)8-16(7-14)11-19/h4-5,14-17H,3,6-12H2,1-2H3,(H,21,23). The molecule has 4 saturated carbocycles. The Morgan fingerprint density at radius 2 is 1.91 bits per heavy atom. The van der Waals surface area contributed by atoms with Crippen LogP contribution in [0.15, 0.2) is 12.3 Å². The van der Waals surface area contributed by atoms with Crippen molar-refractivity contribution in [3.8, 4) is 0 Å². The second-order valence-corrected chi connectivity index (χ2v) is 8.44. The molecule has 1 heterocycles. The second-order valence-electron chi connectivity index (χ2n) is 8.44. The van der Waals surface area contributed by atoms with Gasteiger partial charge in [-0.25, -0.2) is 0 Å². The van der Waals surface area contributed by atoms with Crippen molar-refractivity contribution in [2.24, 2.45) is 23.2 Å². The van der Waals surface area contributed by atoms with E-state index in [1.54, 1.807) is 10.9 Å². The van der Waals surface area contributed by atoms with Gasteiger partial charge in [-0.3, -0.25) is 9.48 Å². The van der Waals surface area contributed by atoms with Crippen LogP contribution in [0, 0.1) is 30.1 Å². The summed E-state index contributed by atoms with van der Waals surface area (Å²) in [7, 11) is 0. The summed E-state index contributed by atoms with van der Waals surface area (Å²) in [6, 6.07) is 2.29. The van der Waals surface area contributed by atoms with Crippen molar-refractivity contribution < 1.29 is 4.79 Å². The number of carbonyl (C=O) groups excluding carboxylic acids is 1. The summed E-state index contributed by atoms with van der Waals surface area (Å²) in [5, 5.41) is 7.63. The van der Waals surface area contributed by atoms with Crippen molar-refractivity contribution in [1.29, 1.82) is 0 Å². The SMILES string of the molecule is CCC(NC(=O)Cn1nccc1C)C12CC3CC(CC(C3)C1)C2. The highest BCUT2D eigenvalue weighted by Crippen LogP contribution is 2.61. The number of amides is 1. The van der Waals surface area contributed by atoms with Crippen LogP contribution in [-0.2, 0) is 11.3 Å². The van der Waals surface area contributed by atoms with E-state index < -0.39 is 0 Å². The van der Waals surface area contributed by atoms with Crippen molar-refractivity contribution >= 4 is 5.91 Å². The first-order valence-electron chi connectivity index (χ1n) is 9.36. The Morgan fingerprint density at radius 1 is 1.30 bits per heavy atom. The molecular weight excluding hydrogens is 286 g/mol. The van der Waals surface area contributed by atoms with Gasteiger partial charge in [0.05, 0.1) is 0 Å². The van der Waals surface area contributed by atoms with Crippen molar-refractivity contribution in [3.05, 3.63) is 18.0 Å². The van der Waals surface area contributed by atoms with Crippen LogP contribution in [0.2, 0.25) is 0 Å². The van der Waals surface area contributed by atoms with Crippen molar-refractivity contribution in [3.63, 3.8) is 0 Å². The lowest BCUT2D eigenvalue weighted by Gasteiger charge is -2.59. The van der Waals surface area contributed by atoms with E-state index in [2.05, 4.69) is 17.3 Å². The summed E-state index contributed by atoms with van der Waals surface area (Å²) < 4.78 is 1.79. The molecule has 4 aliphatic rings. The Kier molecular flexibility index (Phi) is 3.73. The Hall–Kier alpha value is -1.32. The number of nitrogens with one attached hydrogen (secondary N) is 1. The number of aromatic nitrogens is 2. The lowest BCUT2D eigenvalue weighted by Crippen LogP contribution is -2.57. The molecule has 4 bridgehead atoms. The Morgan fingerprint density at radius 3 is 2.39 bits per heavy atom. The number of carbonyl (C=O) groups is 1. The minimum absolute atomic E-state index is 0.124. The quantitative estimate of drug-likeness (QED) is 0.906. The average molecular weight is 315 g/mol. The summed E-state index contributed by atoms with van der Waals surface area (Å²) in [5.74, 6) is 2.92. The maximum Gasteiger partial charge on any atom is 0.241 e. The maximum absolute atomic E-state index is 12.6. The minimum Gasteiger partial charge on any atom is -0.351 e. The fourth-order valence-electron chi connectivity index (χ4n) is 6.23. The Balaban J connectivity index is 1.46. The van der Waals surface area contributed by atoms with Gasteiger partial charge in [0.1, 0.15) is 6.54 Å². The molecule has 4 aliphatic carbocycles. The largest absolute Gasteiger partial charge is 0.351 e. The third-order valence-electron chi connectivity index (χ3n) is 6.79.